The molecule has 1 heterocycles. The van der Waals surface area contributed by atoms with Crippen LogP contribution in [0.4, 0.5) is 0 Å². The Labute approximate surface area is 106 Å². The molecule has 1 aliphatic rings. The Morgan fingerprint density at radius 2 is 2.06 bits per heavy atom. The number of hydrogen-bond donors (Lipinski definition) is 1. The first-order chi connectivity index (χ1) is 8.04. The highest BCUT2D eigenvalue weighted by Crippen LogP contribution is 2.24. The van der Waals surface area contributed by atoms with Gasteiger partial charge in [0.15, 0.2) is 0 Å². The topological polar surface area (TPSA) is 46.3 Å². The average molecular weight is 240 g/mol. The van der Waals surface area contributed by atoms with Gasteiger partial charge in [0.25, 0.3) is 0 Å². The Morgan fingerprint density at radius 3 is 2.65 bits per heavy atom. The second-order valence-electron chi connectivity index (χ2n) is 5.69. The molecule has 1 fully saturated rings. The number of likely N-dealkylation sites (tertiary alicyclic amines) is 1. The van der Waals surface area contributed by atoms with Gasteiger partial charge in [-0.3, -0.25) is 4.79 Å². The van der Waals surface area contributed by atoms with Crippen LogP contribution in [0.3, 0.4) is 0 Å². The monoisotopic (exact) mass is 240 g/mol. The van der Waals surface area contributed by atoms with Gasteiger partial charge in [0.2, 0.25) is 5.91 Å². The molecular weight excluding hydrogens is 212 g/mol. The van der Waals surface area contributed by atoms with Crippen LogP contribution in [-0.4, -0.2) is 29.9 Å². The molecule has 1 saturated heterocycles. The summed E-state index contributed by atoms with van der Waals surface area (Å²) in [7, 11) is 0. The standard InChI is InChI=1S/C14H28N2O/c1-4-13(15)10-14(17)16-8-5-6-12(7-9-16)11(2)3/h11-13H,4-10,15H2,1-3H3. The van der Waals surface area contributed by atoms with E-state index in [0.29, 0.717) is 6.42 Å². The molecule has 0 aromatic heterocycles. The molecule has 1 amide bonds. The zero-order valence-corrected chi connectivity index (χ0v) is 11.6. The first-order valence-corrected chi connectivity index (χ1v) is 7.08. The maximum Gasteiger partial charge on any atom is 0.224 e. The summed E-state index contributed by atoms with van der Waals surface area (Å²) in [6.07, 6.45) is 4.97. The van der Waals surface area contributed by atoms with Gasteiger partial charge in [-0.2, -0.15) is 0 Å². The minimum Gasteiger partial charge on any atom is -0.343 e. The number of carbonyl (C=O) groups is 1. The largest absolute Gasteiger partial charge is 0.343 e. The summed E-state index contributed by atoms with van der Waals surface area (Å²) >= 11 is 0. The molecule has 2 atom stereocenters. The Kier molecular flexibility index (Phi) is 5.96. The summed E-state index contributed by atoms with van der Waals surface area (Å²) in [6, 6.07) is 0.0339. The van der Waals surface area contributed by atoms with Crippen LogP contribution in [0, 0.1) is 11.8 Å². The Balaban J connectivity index is 2.42. The van der Waals surface area contributed by atoms with Crippen molar-refractivity contribution in [2.45, 2.75) is 58.9 Å². The lowest BCUT2D eigenvalue weighted by atomic mass is 9.89. The highest BCUT2D eigenvalue weighted by molar-refractivity contribution is 5.76. The number of amides is 1. The van der Waals surface area contributed by atoms with Gasteiger partial charge in [-0.15, -0.1) is 0 Å². The van der Waals surface area contributed by atoms with Crippen molar-refractivity contribution in [2.75, 3.05) is 13.1 Å². The van der Waals surface area contributed by atoms with Crippen molar-refractivity contribution in [3.8, 4) is 0 Å². The van der Waals surface area contributed by atoms with Gasteiger partial charge in [0, 0.05) is 25.6 Å². The SMILES string of the molecule is CCC(N)CC(=O)N1CCCC(C(C)C)CC1. The van der Waals surface area contributed by atoms with Gasteiger partial charge in [0.1, 0.15) is 0 Å². The zero-order valence-electron chi connectivity index (χ0n) is 11.6. The van der Waals surface area contributed by atoms with Crippen LogP contribution in [0.15, 0.2) is 0 Å². The Bertz CT molecular complexity index is 240. The van der Waals surface area contributed by atoms with E-state index in [1.165, 1.54) is 6.42 Å². The van der Waals surface area contributed by atoms with Crippen LogP contribution < -0.4 is 5.73 Å². The molecule has 3 heteroatoms. The first kappa shape index (κ1) is 14.5. The molecule has 17 heavy (non-hydrogen) atoms. The van der Waals surface area contributed by atoms with Crippen LogP contribution in [-0.2, 0) is 4.79 Å². The third-order valence-corrected chi connectivity index (χ3v) is 4.03. The fourth-order valence-electron chi connectivity index (χ4n) is 2.54. The molecule has 0 spiro atoms. The third kappa shape index (κ3) is 4.66. The van der Waals surface area contributed by atoms with Crippen LogP contribution >= 0.6 is 0 Å². The molecule has 2 unspecified atom stereocenters. The van der Waals surface area contributed by atoms with Crippen LogP contribution in [0.25, 0.3) is 0 Å². The van der Waals surface area contributed by atoms with Crippen molar-refractivity contribution in [3.63, 3.8) is 0 Å². The molecule has 0 aromatic carbocycles. The van der Waals surface area contributed by atoms with E-state index in [1.807, 2.05) is 11.8 Å². The predicted molar refractivity (Wildman–Crippen MR) is 71.6 cm³/mol. The van der Waals surface area contributed by atoms with Gasteiger partial charge >= 0.3 is 0 Å². The Morgan fingerprint density at radius 1 is 1.35 bits per heavy atom. The van der Waals surface area contributed by atoms with E-state index in [-0.39, 0.29) is 11.9 Å². The van der Waals surface area contributed by atoms with Crippen LogP contribution in [0.2, 0.25) is 0 Å². The number of hydrogen-bond acceptors (Lipinski definition) is 2. The molecule has 0 saturated carbocycles. The van der Waals surface area contributed by atoms with Gasteiger partial charge in [-0.25, -0.2) is 0 Å². The predicted octanol–water partition coefficient (Wildman–Crippen LogP) is 2.40. The molecule has 1 rings (SSSR count). The summed E-state index contributed by atoms with van der Waals surface area (Å²) < 4.78 is 0. The van der Waals surface area contributed by atoms with E-state index >= 15 is 0 Å². The Hall–Kier alpha value is -0.570. The summed E-state index contributed by atoms with van der Waals surface area (Å²) in [4.78, 5) is 14.1. The molecule has 0 radical (unpaired) electrons. The fraction of sp³-hybridized carbons (Fsp3) is 0.929. The molecule has 0 bridgehead atoms. The van der Waals surface area contributed by atoms with Gasteiger partial charge in [-0.05, 0) is 37.5 Å². The maximum atomic E-state index is 12.0. The van der Waals surface area contributed by atoms with Crippen molar-refractivity contribution in [1.29, 1.82) is 0 Å². The molecule has 1 aliphatic heterocycles. The summed E-state index contributed by atoms with van der Waals surface area (Å²) in [5, 5.41) is 0. The second kappa shape index (κ2) is 7.00. The van der Waals surface area contributed by atoms with Crippen molar-refractivity contribution >= 4 is 5.91 Å². The number of carbonyl (C=O) groups excluding carboxylic acids is 1. The van der Waals surface area contributed by atoms with Crippen LogP contribution in [0.5, 0.6) is 0 Å². The van der Waals surface area contributed by atoms with E-state index < -0.39 is 0 Å². The molecular formula is C14H28N2O. The quantitative estimate of drug-likeness (QED) is 0.820. The van der Waals surface area contributed by atoms with E-state index in [9.17, 15) is 4.79 Å². The second-order valence-corrected chi connectivity index (χ2v) is 5.69. The average Bonchev–Trinajstić information content (AvgIpc) is 2.54. The molecule has 3 nitrogen and oxygen atoms in total. The lowest BCUT2D eigenvalue weighted by Crippen LogP contribution is -2.36. The van der Waals surface area contributed by atoms with E-state index in [0.717, 1.165) is 44.2 Å². The number of rotatable bonds is 4. The fourth-order valence-corrected chi connectivity index (χ4v) is 2.54. The summed E-state index contributed by atoms with van der Waals surface area (Å²) in [5.74, 6) is 1.78. The van der Waals surface area contributed by atoms with Gasteiger partial charge in [0.05, 0.1) is 0 Å². The third-order valence-electron chi connectivity index (χ3n) is 4.03. The van der Waals surface area contributed by atoms with E-state index in [1.54, 1.807) is 0 Å². The smallest absolute Gasteiger partial charge is 0.224 e. The first-order valence-electron chi connectivity index (χ1n) is 7.08. The number of nitrogens with zero attached hydrogens (tertiary/aromatic N) is 1. The molecule has 2 N–H and O–H groups in total. The minimum absolute atomic E-state index is 0.0339. The zero-order chi connectivity index (χ0) is 12.8. The highest BCUT2D eigenvalue weighted by Gasteiger charge is 2.22. The molecule has 100 valence electrons. The van der Waals surface area contributed by atoms with Crippen molar-refractivity contribution in [1.82, 2.24) is 4.90 Å². The number of nitrogens with two attached hydrogens (primary N) is 1. The molecule has 0 aromatic rings. The van der Waals surface area contributed by atoms with Crippen LogP contribution in [0.1, 0.15) is 52.9 Å². The summed E-state index contributed by atoms with van der Waals surface area (Å²) in [5.41, 5.74) is 5.85. The normalized spacial score (nSPS) is 23.6. The van der Waals surface area contributed by atoms with Crippen molar-refractivity contribution < 1.29 is 4.79 Å². The van der Waals surface area contributed by atoms with Gasteiger partial charge < -0.3 is 10.6 Å². The lowest BCUT2D eigenvalue weighted by molar-refractivity contribution is -0.131. The maximum absolute atomic E-state index is 12.0. The van der Waals surface area contributed by atoms with E-state index in [2.05, 4.69) is 13.8 Å². The van der Waals surface area contributed by atoms with Crippen molar-refractivity contribution in [2.24, 2.45) is 17.6 Å². The lowest BCUT2D eigenvalue weighted by Gasteiger charge is -2.22. The van der Waals surface area contributed by atoms with Crippen molar-refractivity contribution in [3.05, 3.63) is 0 Å². The summed E-state index contributed by atoms with van der Waals surface area (Å²) in [6.45, 7) is 8.47. The minimum atomic E-state index is 0.0339. The highest BCUT2D eigenvalue weighted by atomic mass is 16.2. The molecule has 0 aliphatic carbocycles. The van der Waals surface area contributed by atoms with Gasteiger partial charge in [-0.1, -0.05) is 20.8 Å². The van der Waals surface area contributed by atoms with E-state index in [4.69, 9.17) is 5.73 Å².